The molecule has 1 aliphatic carbocycles. The van der Waals surface area contributed by atoms with Crippen LogP contribution in [-0.4, -0.2) is 19.5 Å². The Bertz CT molecular complexity index is 1180. The van der Waals surface area contributed by atoms with Gasteiger partial charge in [-0.15, -0.1) is 0 Å². The lowest BCUT2D eigenvalue weighted by atomic mass is 10.1. The summed E-state index contributed by atoms with van der Waals surface area (Å²) in [5, 5.41) is 0. The van der Waals surface area contributed by atoms with Gasteiger partial charge in [0.05, 0.1) is 0 Å². The summed E-state index contributed by atoms with van der Waals surface area (Å²) in [5.74, 6) is 7.45. The predicted molar refractivity (Wildman–Crippen MR) is 111 cm³/mol. The molecule has 5 rings (SSSR count). The number of fused-ring (bicyclic) bond motifs is 1. The highest BCUT2D eigenvalue weighted by Gasteiger charge is 2.22. The molecule has 0 bridgehead atoms. The van der Waals surface area contributed by atoms with Gasteiger partial charge in [0.1, 0.15) is 5.52 Å². The second kappa shape index (κ2) is 7.28. The number of hydrogen-bond donors (Lipinski definition) is 0. The van der Waals surface area contributed by atoms with Gasteiger partial charge >= 0.3 is 0 Å². The monoisotopic (exact) mass is 364 g/mol. The van der Waals surface area contributed by atoms with Crippen molar-refractivity contribution < 1.29 is 0 Å². The van der Waals surface area contributed by atoms with Crippen molar-refractivity contribution in [1.29, 1.82) is 0 Å². The van der Waals surface area contributed by atoms with E-state index in [1.165, 1.54) is 25.7 Å². The van der Waals surface area contributed by atoms with Gasteiger partial charge in [0.15, 0.2) is 11.5 Å². The van der Waals surface area contributed by atoms with E-state index in [4.69, 9.17) is 4.98 Å². The Morgan fingerprint density at radius 3 is 2.61 bits per heavy atom. The summed E-state index contributed by atoms with van der Waals surface area (Å²) in [6, 6.07) is 16.7. The smallest absolute Gasteiger partial charge is 0.188 e. The maximum Gasteiger partial charge on any atom is 0.188 e. The first-order valence-corrected chi connectivity index (χ1v) is 9.74. The molecule has 1 aliphatic rings. The van der Waals surface area contributed by atoms with Gasteiger partial charge in [-0.25, -0.2) is 9.97 Å². The van der Waals surface area contributed by atoms with Gasteiger partial charge in [0, 0.05) is 35.8 Å². The minimum Gasteiger partial charge on any atom is -0.299 e. The van der Waals surface area contributed by atoms with Crippen LogP contribution < -0.4 is 0 Å². The molecular formula is C24H20N4. The lowest BCUT2D eigenvalue weighted by Crippen LogP contribution is -2.08. The molecule has 136 valence electrons. The van der Waals surface area contributed by atoms with E-state index in [0.717, 1.165) is 33.7 Å². The molecule has 0 radical (unpaired) electrons. The van der Waals surface area contributed by atoms with Gasteiger partial charge in [-0.3, -0.25) is 9.55 Å². The van der Waals surface area contributed by atoms with Gasteiger partial charge in [-0.2, -0.15) is 0 Å². The Hall–Kier alpha value is -3.45. The first-order valence-electron chi connectivity index (χ1n) is 9.74. The molecule has 0 saturated heterocycles. The van der Waals surface area contributed by atoms with Crippen molar-refractivity contribution in [1.82, 2.24) is 19.5 Å². The first kappa shape index (κ1) is 16.7. The molecule has 3 heterocycles. The fraction of sp³-hybridized carbons (Fsp3) is 0.208. The molecule has 0 atom stereocenters. The van der Waals surface area contributed by atoms with Gasteiger partial charge in [0.2, 0.25) is 0 Å². The van der Waals surface area contributed by atoms with Crippen LogP contribution in [0.1, 0.15) is 43.1 Å². The van der Waals surface area contributed by atoms with E-state index < -0.39 is 0 Å². The molecule has 4 heteroatoms. The van der Waals surface area contributed by atoms with Crippen LogP contribution in [0.3, 0.4) is 0 Å². The lowest BCUT2D eigenvalue weighted by molar-refractivity contribution is 0.524. The summed E-state index contributed by atoms with van der Waals surface area (Å²) in [7, 11) is 0. The molecule has 1 saturated carbocycles. The lowest BCUT2D eigenvalue weighted by Gasteiger charge is -2.13. The summed E-state index contributed by atoms with van der Waals surface area (Å²) in [5.41, 5.74) is 5.05. The van der Waals surface area contributed by atoms with Crippen molar-refractivity contribution in [2.75, 3.05) is 0 Å². The number of nitrogens with zero attached hydrogens (tertiary/aromatic N) is 4. The van der Waals surface area contributed by atoms with E-state index in [-0.39, 0.29) is 0 Å². The van der Waals surface area contributed by atoms with Crippen molar-refractivity contribution in [3.63, 3.8) is 0 Å². The molecule has 1 aromatic carbocycles. The maximum atomic E-state index is 4.77. The SMILES string of the molecule is C(#Cc1nc2cccnc2n1C1CCCC1)c1cccc(-c2cccnc2)c1. The fourth-order valence-electron chi connectivity index (χ4n) is 3.96. The van der Waals surface area contributed by atoms with E-state index in [1.807, 2.05) is 42.7 Å². The van der Waals surface area contributed by atoms with Gasteiger partial charge in [-0.1, -0.05) is 37.0 Å². The molecule has 3 aromatic heterocycles. The minimum absolute atomic E-state index is 0.450. The summed E-state index contributed by atoms with van der Waals surface area (Å²) in [6.45, 7) is 0. The third kappa shape index (κ3) is 3.16. The van der Waals surface area contributed by atoms with Crippen molar-refractivity contribution in [2.45, 2.75) is 31.7 Å². The molecule has 0 aliphatic heterocycles. The molecule has 4 nitrogen and oxygen atoms in total. The zero-order chi connectivity index (χ0) is 18.8. The zero-order valence-electron chi connectivity index (χ0n) is 15.5. The first-order chi connectivity index (χ1) is 13.9. The number of pyridine rings is 2. The minimum atomic E-state index is 0.450. The highest BCUT2D eigenvalue weighted by molar-refractivity contribution is 5.72. The molecule has 0 amide bonds. The van der Waals surface area contributed by atoms with Gasteiger partial charge < -0.3 is 0 Å². The Morgan fingerprint density at radius 1 is 0.893 bits per heavy atom. The summed E-state index contributed by atoms with van der Waals surface area (Å²) in [4.78, 5) is 13.6. The Morgan fingerprint density at radius 2 is 1.75 bits per heavy atom. The topological polar surface area (TPSA) is 43.6 Å². The third-order valence-corrected chi connectivity index (χ3v) is 5.31. The second-order valence-electron chi connectivity index (χ2n) is 7.16. The van der Waals surface area contributed by atoms with E-state index >= 15 is 0 Å². The molecular weight excluding hydrogens is 344 g/mol. The molecule has 0 unspecified atom stereocenters. The average Bonchev–Trinajstić information content (AvgIpc) is 3.40. The Balaban J connectivity index is 1.55. The molecule has 4 aromatic rings. The number of aromatic nitrogens is 4. The summed E-state index contributed by atoms with van der Waals surface area (Å²) < 4.78 is 2.25. The normalized spacial score (nSPS) is 14.1. The summed E-state index contributed by atoms with van der Waals surface area (Å²) in [6.07, 6.45) is 10.4. The quantitative estimate of drug-likeness (QED) is 0.470. The molecule has 0 N–H and O–H groups in total. The highest BCUT2D eigenvalue weighted by atomic mass is 15.1. The van der Waals surface area contributed by atoms with Crippen LogP contribution in [0.15, 0.2) is 67.1 Å². The van der Waals surface area contributed by atoms with Crippen molar-refractivity contribution in [2.24, 2.45) is 0 Å². The largest absolute Gasteiger partial charge is 0.299 e. The van der Waals surface area contributed by atoms with Crippen LogP contribution in [0.25, 0.3) is 22.3 Å². The number of hydrogen-bond acceptors (Lipinski definition) is 3. The number of rotatable bonds is 2. The highest BCUT2D eigenvalue weighted by Crippen LogP contribution is 2.32. The van der Waals surface area contributed by atoms with Crippen molar-refractivity contribution in [3.8, 4) is 23.0 Å². The number of imidazole rings is 1. The summed E-state index contributed by atoms with van der Waals surface area (Å²) >= 11 is 0. The van der Waals surface area contributed by atoms with E-state index in [1.54, 1.807) is 6.20 Å². The predicted octanol–water partition coefficient (Wildman–Crippen LogP) is 5.01. The second-order valence-corrected chi connectivity index (χ2v) is 7.16. The zero-order valence-corrected chi connectivity index (χ0v) is 15.5. The van der Waals surface area contributed by atoms with Gasteiger partial charge in [0.25, 0.3) is 0 Å². The molecule has 28 heavy (non-hydrogen) atoms. The third-order valence-electron chi connectivity index (χ3n) is 5.31. The van der Waals surface area contributed by atoms with E-state index in [9.17, 15) is 0 Å². The van der Waals surface area contributed by atoms with Crippen LogP contribution in [0.4, 0.5) is 0 Å². The van der Waals surface area contributed by atoms with Crippen LogP contribution in [-0.2, 0) is 0 Å². The Kier molecular flexibility index (Phi) is 4.34. The van der Waals surface area contributed by atoms with Crippen LogP contribution in [0.5, 0.6) is 0 Å². The fourth-order valence-corrected chi connectivity index (χ4v) is 3.96. The van der Waals surface area contributed by atoms with Crippen LogP contribution in [0, 0.1) is 11.8 Å². The average molecular weight is 364 g/mol. The van der Waals surface area contributed by atoms with Crippen LogP contribution in [0.2, 0.25) is 0 Å². The maximum absolute atomic E-state index is 4.77. The van der Waals surface area contributed by atoms with E-state index in [2.05, 4.69) is 44.6 Å². The number of benzene rings is 1. The van der Waals surface area contributed by atoms with Crippen LogP contribution >= 0.6 is 0 Å². The van der Waals surface area contributed by atoms with Crippen molar-refractivity contribution >= 4 is 11.2 Å². The molecule has 0 spiro atoms. The molecule has 1 fully saturated rings. The Labute approximate surface area is 164 Å². The standard InChI is InChI=1S/C24H20N4/c1-2-10-21(9-1)28-23(27-22-11-5-15-26-24(22)28)13-12-18-6-3-7-19(16-18)20-8-4-14-25-17-20/h3-8,11,14-17,21H,1-2,9-10H2. The van der Waals surface area contributed by atoms with E-state index in [0.29, 0.717) is 6.04 Å². The van der Waals surface area contributed by atoms with Crippen molar-refractivity contribution in [3.05, 3.63) is 78.5 Å². The van der Waals surface area contributed by atoms with Gasteiger partial charge in [-0.05, 0) is 54.7 Å².